The first kappa shape index (κ1) is 14.8. The molecule has 0 fully saturated rings. The van der Waals surface area contributed by atoms with Gasteiger partial charge in [0.1, 0.15) is 0 Å². The lowest BCUT2D eigenvalue weighted by Crippen LogP contribution is -2.23. The molecule has 2 aromatic carbocycles. The summed E-state index contributed by atoms with van der Waals surface area (Å²) in [5.41, 5.74) is 6.82. The Morgan fingerprint density at radius 1 is 1.00 bits per heavy atom. The SMILES string of the molecule is CCNC(c1cccc(CC)c1)c1ccc(C)cc1C. The number of aryl methyl sites for hydroxylation is 3. The van der Waals surface area contributed by atoms with E-state index in [0.717, 1.165) is 13.0 Å². The van der Waals surface area contributed by atoms with Crippen LogP contribution in [-0.2, 0) is 6.42 Å². The van der Waals surface area contributed by atoms with Gasteiger partial charge in [0.05, 0.1) is 6.04 Å². The van der Waals surface area contributed by atoms with Gasteiger partial charge in [-0.15, -0.1) is 0 Å². The molecule has 0 bridgehead atoms. The van der Waals surface area contributed by atoms with Gasteiger partial charge in [0.2, 0.25) is 0 Å². The van der Waals surface area contributed by atoms with Crippen LogP contribution in [0.15, 0.2) is 42.5 Å². The fraction of sp³-hybridized carbons (Fsp3) is 0.368. The van der Waals surface area contributed by atoms with Crippen LogP contribution in [0.2, 0.25) is 0 Å². The molecule has 0 spiro atoms. The van der Waals surface area contributed by atoms with Crippen molar-refractivity contribution in [3.63, 3.8) is 0 Å². The molecule has 2 rings (SSSR count). The summed E-state index contributed by atoms with van der Waals surface area (Å²) < 4.78 is 0. The van der Waals surface area contributed by atoms with Crippen molar-refractivity contribution in [1.29, 1.82) is 0 Å². The van der Waals surface area contributed by atoms with Gasteiger partial charge in [0.15, 0.2) is 0 Å². The van der Waals surface area contributed by atoms with E-state index >= 15 is 0 Å². The zero-order valence-electron chi connectivity index (χ0n) is 13.0. The van der Waals surface area contributed by atoms with Crippen LogP contribution < -0.4 is 5.32 Å². The second-order valence-electron chi connectivity index (χ2n) is 5.45. The minimum atomic E-state index is 0.284. The molecule has 106 valence electrons. The molecule has 0 radical (unpaired) electrons. The molecule has 0 saturated heterocycles. The molecule has 20 heavy (non-hydrogen) atoms. The van der Waals surface area contributed by atoms with E-state index in [1.54, 1.807) is 0 Å². The van der Waals surface area contributed by atoms with Crippen LogP contribution in [0, 0.1) is 13.8 Å². The molecule has 1 unspecified atom stereocenters. The third-order valence-corrected chi connectivity index (χ3v) is 3.84. The van der Waals surface area contributed by atoms with E-state index in [0.29, 0.717) is 0 Å². The highest BCUT2D eigenvalue weighted by atomic mass is 14.9. The Hall–Kier alpha value is -1.60. The van der Waals surface area contributed by atoms with Crippen molar-refractivity contribution < 1.29 is 0 Å². The molecule has 1 heteroatoms. The maximum Gasteiger partial charge on any atom is 0.0579 e. The van der Waals surface area contributed by atoms with E-state index in [9.17, 15) is 0 Å². The zero-order valence-corrected chi connectivity index (χ0v) is 13.0. The summed E-state index contributed by atoms with van der Waals surface area (Å²) >= 11 is 0. The summed E-state index contributed by atoms with van der Waals surface area (Å²) in [6.45, 7) is 9.69. The molecule has 0 aromatic heterocycles. The highest BCUT2D eigenvalue weighted by Crippen LogP contribution is 2.26. The molecular formula is C19H25N. The lowest BCUT2D eigenvalue weighted by molar-refractivity contribution is 0.627. The van der Waals surface area contributed by atoms with Crippen molar-refractivity contribution in [1.82, 2.24) is 5.32 Å². The predicted octanol–water partition coefficient (Wildman–Crippen LogP) is 4.56. The number of benzene rings is 2. The highest BCUT2D eigenvalue weighted by Gasteiger charge is 2.15. The number of rotatable bonds is 5. The van der Waals surface area contributed by atoms with Crippen LogP contribution in [0.1, 0.15) is 47.7 Å². The van der Waals surface area contributed by atoms with E-state index in [1.165, 1.54) is 27.8 Å². The Kier molecular flexibility index (Phi) is 4.97. The van der Waals surface area contributed by atoms with E-state index in [1.807, 2.05) is 0 Å². The van der Waals surface area contributed by atoms with Crippen molar-refractivity contribution in [3.05, 3.63) is 70.3 Å². The van der Waals surface area contributed by atoms with Crippen LogP contribution in [0.4, 0.5) is 0 Å². The number of nitrogens with one attached hydrogen (secondary N) is 1. The maximum absolute atomic E-state index is 3.63. The fourth-order valence-electron chi connectivity index (χ4n) is 2.75. The van der Waals surface area contributed by atoms with Crippen molar-refractivity contribution in [2.75, 3.05) is 6.54 Å². The molecule has 1 N–H and O–H groups in total. The van der Waals surface area contributed by atoms with E-state index in [4.69, 9.17) is 0 Å². The smallest absolute Gasteiger partial charge is 0.0579 e. The third-order valence-electron chi connectivity index (χ3n) is 3.84. The molecule has 0 amide bonds. The van der Waals surface area contributed by atoms with Gasteiger partial charge < -0.3 is 5.32 Å². The monoisotopic (exact) mass is 267 g/mol. The standard InChI is InChI=1S/C19H25N/c1-5-16-8-7-9-17(13-16)19(20-6-2)18-11-10-14(3)12-15(18)4/h7-13,19-20H,5-6H2,1-4H3. The van der Waals surface area contributed by atoms with Crippen LogP contribution in [0.25, 0.3) is 0 Å². The topological polar surface area (TPSA) is 12.0 Å². The Labute approximate surface area is 123 Å². The van der Waals surface area contributed by atoms with Crippen molar-refractivity contribution >= 4 is 0 Å². The van der Waals surface area contributed by atoms with Crippen molar-refractivity contribution in [2.45, 2.75) is 40.2 Å². The normalized spacial score (nSPS) is 12.4. The molecule has 1 nitrogen and oxygen atoms in total. The average molecular weight is 267 g/mol. The first-order valence-corrected chi connectivity index (χ1v) is 7.55. The Morgan fingerprint density at radius 2 is 1.80 bits per heavy atom. The molecular weight excluding hydrogens is 242 g/mol. The summed E-state index contributed by atoms with van der Waals surface area (Å²) in [5, 5.41) is 3.63. The van der Waals surface area contributed by atoms with Gasteiger partial charge in [-0.05, 0) is 49.1 Å². The van der Waals surface area contributed by atoms with Gasteiger partial charge in [-0.25, -0.2) is 0 Å². The molecule has 1 atom stereocenters. The van der Waals surface area contributed by atoms with E-state index in [-0.39, 0.29) is 6.04 Å². The van der Waals surface area contributed by atoms with E-state index in [2.05, 4.69) is 75.5 Å². The molecule has 0 saturated carbocycles. The van der Waals surface area contributed by atoms with Gasteiger partial charge >= 0.3 is 0 Å². The first-order valence-electron chi connectivity index (χ1n) is 7.55. The first-order chi connectivity index (χ1) is 9.65. The van der Waals surface area contributed by atoms with Crippen molar-refractivity contribution in [2.24, 2.45) is 0 Å². The predicted molar refractivity (Wildman–Crippen MR) is 87.3 cm³/mol. The maximum atomic E-state index is 3.63. The highest BCUT2D eigenvalue weighted by molar-refractivity contribution is 5.40. The molecule has 0 heterocycles. The van der Waals surface area contributed by atoms with Gasteiger partial charge in [-0.1, -0.05) is 61.9 Å². The quantitative estimate of drug-likeness (QED) is 0.837. The summed E-state index contributed by atoms with van der Waals surface area (Å²) in [6.07, 6.45) is 1.08. The van der Waals surface area contributed by atoms with Crippen LogP contribution in [-0.4, -0.2) is 6.54 Å². The van der Waals surface area contributed by atoms with Gasteiger partial charge in [0.25, 0.3) is 0 Å². The van der Waals surface area contributed by atoms with Gasteiger partial charge in [-0.3, -0.25) is 0 Å². The molecule has 2 aromatic rings. The molecule has 0 aliphatic rings. The fourth-order valence-corrected chi connectivity index (χ4v) is 2.75. The van der Waals surface area contributed by atoms with Crippen LogP contribution in [0.3, 0.4) is 0 Å². The summed E-state index contributed by atoms with van der Waals surface area (Å²) in [7, 11) is 0. The number of hydrogen-bond donors (Lipinski definition) is 1. The lowest BCUT2D eigenvalue weighted by Gasteiger charge is -2.22. The number of hydrogen-bond acceptors (Lipinski definition) is 1. The lowest BCUT2D eigenvalue weighted by atomic mass is 9.92. The molecule has 0 aliphatic heterocycles. The average Bonchev–Trinajstić information content (AvgIpc) is 2.45. The summed E-state index contributed by atoms with van der Waals surface area (Å²) in [6, 6.07) is 15.9. The van der Waals surface area contributed by atoms with Gasteiger partial charge in [-0.2, -0.15) is 0 Å². The second-order valence-corrected chi connectivity index (χ2v) is 5.45. The van der Waals surface area contributed by atoms with Gasteiger partial charge in [0, 0.05) is 0 Å². The van der Waals surface area contributed by atoms with Crippen molar-refractivity contribution in [3.8, 4) is 0 Å². The Balaban J connectivity index is 2.44. The third kappa shape index (κ3) is 3.29. The van der Waals surface area contributed by atoms with Crippen LogP contribution in [0.5, 0.6) is 0 Å². The Bertz CT molecular complexity index is 572. The van der Waals surface area contributed by atoms with E-state index < -0.39 is 0 Å². The van der Waals surface area contributed by atoms with Crippen LogP contribution >= 0.6 is 0 Å². The molecule has 0 aliphatic carbocycles. The second kappa shape index (κ2) is 6.71. The minimum Gasteiger partial charge on any atom is -0.307 e. The summed E-state index contributed by atoms with van der Waals surface area (Å²) in [5.74, 6) is 0. The largest absolute Gasteiger partial charge is 0.307 e. The Morgan fingerprint density at radius 3 is 2.45 bits per heavy atom. The summed E-state index contributed by atoms with van der Waals surface area (Å²) in [4.78, 5) is 0. The minimum absolute atomic E-state index is 0.284. The zero-order chi connectivity index (χ0) is 14.5.